The lowest BCUT2D eigenvalue weighted by Crippen LogP contribution is -2.37. The molecule has 1 heterocycles. The molecule has 172 valence electrons. The van der Waals surface area contributed by atoms with Gasteiger partial charge in [0.25, 0.3) is 0 Å². The number of nitrogens with one attached hydrogen (secondary N) is 1. The molecule has 33 heavy (non-hydrogen) atoms. The molecule has 0 spiro atoms. The first kappa shape index (κ1) is 24.6. The zero-order valence-corrected chi connectivity index (χ0v) is 19.4. The second-order valence-corrected chi connectivity index (χ2v) is 8.45. The van der Waals surface area contributed by atoms with E-state index in [9.17, 15) is 14.0 Å². The van der Waals surface area contributed by atoms with Crippen LogP contribution in [0.2, 0.25) is 10.0 Å². The van der Waals surface area contributed by atoms with E-state index in [1.165, 1.54) is 12.1 Å². The van der Waals surface area contributed by atoms with Gasteiger partial charge in [-0.05, 0) is 66.4 Å². The number of hydrogen-bond acceptors (Lipinski definition) is 3. The van der Waals surface area contributed by atoms with Crippen LogP contribution in [0.4, 0.5) is 4.39 Å². The van der Waals surface area contributed by atoms with Gasteiger partial charge in [0.1, 0.15) is 18.2 Å². The normalized spacial score (nSPS) is 14.2. The molecule has 0 radical (unpaired) electrons. The molecule has 0 aliphatic carbocycles. The highest BCUT2D eigenvalue weighted by atomic mass is 35.5. The number of benzene rings is 3. The van der Waals surface area contributed by atoms with E-state index >= 15 is 0 Å². The predicted octanol–water partition coefficient (Wildman–Crippen LogP) is 5.09. The van der Waals surface area contributed by atoms with Gasteiger partial charge < -0.3 is 15.8 Å². The average molecular weight is 489 g/mol. The summed E-state index contributed by atoms with van der Waals surface area (Å²) >= 11 is 11.3. The molecule has 3 N–H and O–H groups in total. The highest BCUT2D eigenvalue weighted by molar-refractivity contribution is 6.31. The third-order valence-electron chi connectivity index (χ3n) is 5.21. The molecular weight excluding hydrogens is 466 g/mol. The summed E-state index contributed by atoms with van der Waals surface area (Å²) in [5, 5.41) is 3.69. The Balaban J connectivity index is 0.000000235. The topological polar surface area (TPSA) is 81.4 Å². The van der Waals surface area contributed by atoms with Gasteiger partial charge in [0.2, 0.25) is 11.8 Å². The van der Waals surface area contributed by atoms with Gasteiger partial charge in [-0.2, -0.15) is 0 Å². The van der Waals surface area contributed by atoms with Crippen molar-refractivity contribution in [1.82, 2.24) is 5.32 Å². The standard InChI is InChI=1S/C18H18ClNO2.C7H5ClFNO/c1-12-8-16(19)7-6-14(12)10-20-18(21)15-9-13-4-2-3-5-17(13)22-11-15;8-5-2-1-4(7(10)11)3-6(5)9/h2-8,15H,9-11H2,1H3,(H,20,21);1-3H,(H2,10,11). The molecule has 3 aromatic carbocycles. The smallest absolute Gasteiger partial charge is 0.248 e. The van der Waals surface area contributed by atoms with Gasteiger partial charge in [-0.15, -0.1) is 0 Å². The summed E-state index contributed by atoms with van der Waals surface area (Å²) in [6.07, 6.45) is 0.724. The number of aryl methyl sites for hydroxylation is 1. The van der Waals surface area contributed by atoms with E-state index in [0.29, 0.717) is 18.2 Å². The van der Waals surface area contributed by atoms with Crippen molar-refractivity contribution in [2.45, 2.75) is 19.9 Å². The fourth-order valence-corrected chi connectivity index (χ4v) is 3.67. The minimum absolute atomic E-state index is 0.0185. The van der Waals surface area contributed by atoms with Gasteiger partial charge >= 0.3 is 0 Å². The van der Waals surface area contributed by atoms with Gasteiger partial charge in [-0.3, -0.25) is 9.59 Å². The number of amides is 2. The SMILES string of the molecule is Cc1cc(Cl)ccc1CNC(=O)C1COc2ccccc2C1.NC(=O)c1ccc(Cl)c(F)c1. The predicted molar refractivity (Wildman–Crippen MR) is 127 cm³/mol. The Morgan fingerprint density at radius 3 is 2.58 bits per heavy atom. The Morgan fingerprint density at radius 2 is 1.88 bits per heavy atom. The first-order valence-electron chi connectivity index (χ1n) is 10.2. The summed E-state index contributed by atoms with van der Waals surface area (Å²) in [6, 6.07) is 17.2. The van der Waals surface area contributed by atoms with E-state index in [1.54, 1.807) is 0 Å². The molecule has 0 aromatic heterocycles. The number of rotatable bonds is 4. The number of para-hydroxylation sites is 1. The molecule has 4 rings (SSSR count). The molecule has 8 heteroatoms. The quantitative estimate of drug-likeness (QED) is 0.536. The van der Waals surface area contributed by atoms with Crippen LogP contribution < -0.4 is 15.8 Å². The largest absolute Gasteiger partial charge is 0.492 e. The van der Waals surface area contributed by atoms with Crippen LogP contribution in [0.15, 0.2) is 60.7 Å². The summed E-state index contributed by atoms with van der Waals surface area (Å²) in [5.41, 5.74) is 8.26. The summed E-state index contributed by atoms with van der Waals surface area (Å²) in [6.45, 7) is 2.94. The van der Waals surface area contributed by atoms with Crippen molar-refractivity contribution < 1.29 is 18.7 Å². The Bertz CT molecular complexity index is 1170. The number of hydrogen-bond donors (Lipinski definition) is 2. The van der Waals surface area contributed by atoms with Crippen LogP contribution in [-0.2, 0) is 17.8 Å². The van der Waals surface area contributed by atoms with E-state index in [4.69, 9.17) is 33.7 Å². The highest BCUT2D eigenvalue weighted by Crippen LogP contribution is 2.27. The number of ether oxygens (including phenoxy) is 1. The van der Waals surface area contributed by atoms with Crippen LogP contribution >= 0.6 is 23.2 Å². The molecule has 0 saturated heterocycles. The minimum atomic E-state index is -0.666. The Kier molecular flexibility index (Phi) is 8.31. The van der Waals surface area contributed by atoms with Crippen LogP contribution in [0.5, 0.6) is 5.75 Å². The van der Waals surface area contributed by atoms with Crippen molar-refractivity contribution in [3.63, 3.8) is 0 Å². The number of carbonyl (C=O) groups is 2. The Morgan fingerprint density at radius 1 is 1.12 bits per heavy atom. The molecule has 1 atom stereocenters. The van der Waals surface area contributed by atoms with Crippen LogP contribution in [0.25, 0.3) is 0 Å². The maximum Gasteiger partial charge on any atom is 0.248 e. The van der Waals surface area contributed by atoms with Gasteiger partial charge in [0.05, 0.1) is 10.9 Å². The zero-order chi connectivity index (χ0) is 24.0. The lowest BCUT2D eigenvalue weighted by molar-refractivity contribution is -0.126. The maximum atomic E-state index is 12.6. The molecule has 0 saturated carbocycles. The molecular formula is C25H23Cl2FN2O3. The molecule has 0 fully saturated rings. The summed E-state index contributed by atoms with van der Waals surface area (Å²) < 4.78 is 18.3. The second-order valence-electron chi connectivity index (χ2n) is 7.60. The average Bonchev–Trinajstić information content (AvgIpc) is 2.80. The Labute approximate surface area is 201 Å². The monoisotopic (exact) mass is 488 g/mol. The first-order chi connectivity index (χ1) is 15.7. The van der Waals surface area contributed by atoms with Crippen LogP contribution in [0.1, 0.15) is 27.0 Å². The number of primary amides is 1. The van der Waals surface area contributed by atoms with Crippen molar-refractivity contribution >= 4 is 35.0 Å². The van der Waals surface area contributed by atoms with Crippen molar-refractivity contribution in [2.75, 3.05) is 6.61 Å². The maximum absolute atomic E-state index is 12.6. The van der Waals surface area contributed by atoms with Crippen LogP contribution in [-0.4, -0.2) is 18.4 Å². The first-order valence-corrected chi connectivity index (χ1v) is 11.0. The molecule has 0 bridgehead atoms. The Hall–Kier alpha value is -3.09. The van der Waals surface area contributed by atoms with Crippen molar-refractivity contribution in [1.29, 1.82) is 0 Å². The summed E-state index contributed by atoms with van der Waals surface area (Å²) in [4.78, 5) is 22.8. The third kappa shape index (κ3) is 6.70. The molecule has 2 amide bonds. The molecule has 1 unspecified atom stereocenters. The van der Waals surface area contributed by atoms with Gasteiger partial charge in [-0.25, -0.2) is 4.39 Å². The van der Waals surface area contributed by atoms with Crippen molar-refractivity contribution in [2.24, 2.45) is 11.7 Å². The van der Waals surface area contributed by atoms with E-state index in [-0.39, 0.29) is 22.4 Å². The highest BCUT2D eigenvalue weighted by Gasteiger charge is 2.25. The summed E-state index contributed by atoms with van der Waals surface area (Å²) in [7, 11) is 0. The number of fused-ring (bicyclic) bond motifs is 1. The zero-order valence-electron chi connectivity index (χ0n) is 17.9. The molecule has 1 aliphatic heterocycles. The van der Waals surface area contributed by atoms with E-state index in [0.717, 1.165) is 34.9 Å². The van der Waals surface area contributed by atoms with Crippen LogP contribution in [0.3, 0.4) is 0 Å². The molecule has 5 nitrogen and oxygen atoms in total. The second kappa shape index (κ2) is 11.2. The number of nitrogens with two attached hydrogens (primary N) is 1. The van der Waals surface area contributed by atoms with E-state index < -0.39 is 11.7 Å². The van der Waals surface area contributed by atoms with Crippen LogP contribution in [0, 0.1) is 18.7 Å². The van der Waals surface area contributed by atoms with E-state index in [1.807, 2.05) is 49.4 Å². The van der Waals surface area contributed by atoms with E-state index in [2.05, 4.69) is 5.32 Å². The minimum Gasteiger partial charge on any atom is -0.492 e. The third-order valence-corrected chi connectivity index (χ3v) is 5.75. The van der Waals surface area contributed by atoms with Gasteiger partial charge in [-0.1, -0.05) is 47.5 Å². The van der Waals surface area contributed by atoms with Gasteiger partial charge in [0.15, 0.2) is 0 Å². The number of carbonyl (C=O) groups excluding carboxylic acids is 2. The molecule has 3 aromatic rings. The summed E-state index contributed by atoms with van der Waals surface area (Å²) in [5.74, 6) is -0.519. The fourth-order valence-electron chi connectivity index (χ4n) is 3.33. The van der Waals surface area contributed by atoms with Gasteiger partial charge in [0, 0.05) is 17.1 Å². The van der Waals surface area contributed by atoms with Crippen molar-refractivity contribution in [3.8, 4) is 5.75 Å². The fraction of sp³-hybridized carbons (Fsp3) is 0.200. The lowest BCUT2D eigenvalue weighted by atomic mass is 9.96. The molecule has 1 aliphatic rings. The number of halogens is 3. The van der Waals surface area contributed by atoms with Crippen molar-refractivity contribution in [3.05, 3.63) is 98.8 Å². The lowest BCUT2D eigenvalue weighted by Gasteiger charge is -2.24.